The molecule has 4 rings (SSSR count). The molecule has 0 aromatic heterocycles. The van der Waals surface area contributed by atoms with E-state index in [2.05, 4.69) is 34.7 Å². The van der Waals surface area contributed by atoms with Gasteiger partial charge in [0.25, 0.3) is 11.8 Å². The van der Waals surface area contributed by atoms with E-state index >= 15 is 0 Å². The van der Waals surface area contributed by atoms with E-state index in [9.17, 15) is 19.2 Å². The van der Waals surface area contributed by atoms with Gasteiger partial charge < -0.3 is 9.80 Å². The number of nitrogens with one attached hydrogen (secondary N) is 2. The molecule has 2 N–H and O–H groups in total. The van der Waals surface area contributed by atoms with Gasteiger partial charge in [-0.3, -0.25) is 39.8 Å². The number of rotatable bonds is 14. The molecule has 0 spiro atoms. The van der Waals surface area contributed by atoms with Crippen LogP contribution < -0.4 is 10.9 Å². The van der Waals surface area contributed by atoms with Crippen LogP contribution in [0.4, 0.5) is 0 Å². The van der Waals surface area contributed by atoms with Crippen LogP contribution in [0.5, 0.6) is 0 Å². The number of unbranched alkanes of at least 4 members (excludes halogenated alkanes) is 4. The summed E-state index contributed by atoms with van der Waals surface area (Å²) < 4.78 is 0.885. The first kappa shape index (κ1) is 35.2. The largest absolute Gasteiger partial charge is 0.304 e. The molecule has 4 aliphatic heterocycles. The first-order valence-corrected chi connectivity index (χ1v) is 17.8. The van der Waals surface area contributed by atoms with Crippen LogP contribution in [0.15, 0.2) is 9.81 Å². The highest BCUT2D eigenvalue weighted by atomic mass is 32.2. The van der Waals surface area contributed by atoms with E-state index in [4.69, 9.17) is 24.4 Å². The first-order valence-electron chi connectivity index (χ1n) is 15.4. The monoisotopic (exact) mass is 684 g/mol. The summed E-state index contributed by atoms with van der Waals surface area (Å²) in [6.07, 6.45) is 5.37. The fourth-order valence-electron chi connectivity index (χ4n) is 5.22. The van der Waals surface area contributed by atoms with Crippen molar-refractivity contribution in [2.45, 2.75) is 51.4 Å². The summed E-state index contributed by atoms with van der Waals surface area (Å²) in [5.74, 6) is -0.456. The maximum absolute atomic E-state index is 13.2. The van der Waals surface area contributed by atoms with Gasteiger partial charge in [0.15, 0.2) is 0 Å². The fraction of sp³-hybridized carbons (Fsp3) is 0.714. The minimum absolute atomic E-state index is 0.0221. The summed E-state index contributed by atoms with van der Waals surface area (Å²) >= 11 is 13.3. The maximum Gasteiger partial charge on any atom is 0.267 e. The third-order valence-electron chi connectivity index (χ3n) is 8.05. The lowest BCUT2D eigenvalue weighted by molar-refractivity contribution is -0.127. The van der Waals surface area contributed by atoms with Crippen LogP contribution in [-0.4, -0.2) is 141 Å². The molecule has 4 amide bonds. The molecular weight excluding hydrogens is 641 g/mol. The van der Waals surface area contributed by atoms with E-state index in [1.165, 1.54) is 0 Å². The highest BCUT2D eigenvalue weighted by Gasteiger charge is 2.41. The molecule has 0 aromatic carbocycles. The number of nitrogens with zero attached hydrogens (tertiary/aromatic N) is 6. The van der Waals surface area contributed by atoms with Crippen molar-refractivity contribution in [3.05, 3.63) is 9.81 Å². The summed E-state index contributed by atoms with van der Waals surface area (Å²) in [6.45, 7) is 7.97. The Hall–Kier alpha value is -1.66. The minimum atomic E-state index is -0.250. The van der Waals surface area contributed by atoms with Gasteiger partial charge in [0, 0.05) is 78.3 Å². The van der Waals surface area contributed by atoms with E-state index in [1.807, 2.05) is 10.0 Å². The molecule has 4 saturated heterocycles. The number of piperazine rings is 2. The highest BCUT2D eigenvalue weighted by Crippen LogP contribution is 2.42. The Morgan fingerprint density at radius 2 is 0.977 bits per heavy atom. The van der Waals surface area contributed by atoms with Crippen LogP contribution in [0.3, 0.4) is 0 Å². The third kappa shape index (κ3) is 10.2. The summed E-state index contributed by atoms with van der Waals surface area (Å²) in [4.78, 5) is 59.2. The minimum Gasteiger partial charge on any atom is -0.304 e. The smallest absolute Gasteiger partial charge is 0.267 e. The molecule has 244 valence electrons. The topological polar surface area (TPSA) is 112 Å². The molecule has 4 aliphatic rings. The first-order chi connectivity index (χ1) is 21.1. The number of hydrazine groups is 2. The van der Waals surface area contributed by atoms with E-state index in [0.29, 0.717) is 44.4 Å². The van der Waals surface area contributed by atoms with Crippen molar-refractivity contribution in [1.82, 2.24) is 40.5 Å². The van der Waals surface area contributed by atoms with Crippen LogP contribution in [0.25, 0.3) is 0 Å². The molecule has 0 saturated carbocycles. The molecule has 0 aliphatic carbocycles. The van der Waals surface area contributed by atoms with Crippen LogP contribution >= 0.6 is 48.0 Å². The van der Waals surface area contributed by atoms with Gasteiger partial charge in [0.2, 0.25) is 11.8 Å². The van der Waals surface area contributed by atoms with E-state index in [0.717, 1.165) is 114 Å². The molecule has 44 heavy (non-hydrogen) atoms. The normalized spacial score (nSPS) is 22.9. The molecular formula is C28H44N8O4S4. The Labute approximate surface area is 279 Å². The van der Waals surface area contributed by atoms with Crippen molar-refractivity contribution in [3.63, 3.8) is 0 Å². The SMILES string of the molecule is CN1CCN(NC(=O)CCCCCN2C(=O)C(=C3SC(=S)N(CCCCCC(=O)NN4CCN(C)CC4)C3=O)SC2=S)CC1. The summed E-state index contributed by atoms with van der Waals surface area (Å²) in [6, 6.07) is 0. The van der Waals surface area contributed by atoms with Gasteiger partial charge in [0.05, 0.1) is 9.81 Å². The lowest BCUT2D eigenvalue weighted by Crippen LogP contribution is -2.52. The second-order valence-corrected chi connectivity index (χ2v) is 14.9. The lowest BCUT2D eigenvalue weighted by Gasteiger charge is -2.32. The predicted octanol–water partition coefficient (Wildman–Crippen LogP) is 1.60. The number of likely N-dealkylation sites (N-methyl/N-ethyl adjacent to an activating group) is 2. The van der Waals surface area contributed by atoms with Gasteiger partial charge in [0.1, 0.15) is 8.64 Å². The fourth-order valence-corrected chi connectivity index (χ4v) is 7.99. The van der Waals surface area contributed by atoms with Crippen molar-refractivity contribution in [3.8, 4) is 0 Å². The average Bonchev–Trinajstić information content (AvgIpc) is 3.43. The Morgan fingerprint density at radius 1 is 0.614 bits per heavy atom. The average molecular weight is 685 g/mol. The number of carbonyl (C=O) groups excluding carboxylic acids is 4. The second kappa shape index (κ2) is 17.3. The van der Waals surface area contributed by atoms with E-state index in [1.54, 1.807) is 9.80 Å². The summed E-state index contributed by atoms with van der Waals surface area (Å²) in [7, 11) is 4.15. The molecule has 0 aromatic rings. The van der Waals surface area contributed by atoms with Gasteiger partial charge in [-0.2, -0.15) is 0 Å². The van der Waals surface area contributed by atoms with Gasteiger partial charge in [-0.25, -0.2) is 10.0 Å². The predicted molar refractivity (Wildman–Crippen MR) is 182 cm³/mol. The molecule has 0 bridgehead atoms. The van der Waals surface area contributed by atoms with Gasteiger partial charge in [-0.1, -0.05) is 60.8 Å². The zero-order chi connectivity index (χ0) is 31.6. The van der Waals surface area contributed by atoms with Crippen molar-refractivity contribution in [2.75, 3.05) is 79.5 Å². The van der Waals surface area contributed by atoms with Crippen LogP contribution in [0.2, 0.25) is 0 Å². The number of carbonyl (C=O) groups is 4. The molecule has 4 fully saturated rings. The second-order valence-electron chi connectivity index (χ2n) is 11.6. The Kier molecular flexibility index (Phi) is 13.8. The standard InChI is InChI=1S/C28H44N8O4S4/c1-31-13-17-33(18-14-31)29-21(37)9-5-3-7-11-35-25(39)23(43-27(35)41)24-26(40)36(28(42)44-24)12-8-4-6-10-22(38)30-34-19-15-32(2)16-20-34/h3-20H2,1-2H3,(H,29,37)(H,30,38). The maximum atomic E-state index is 13.2. The zero-order valence-electron chi connectivity index (χ0n) is 25.7. The van der Waals surface area contributed by atoms with Gasteiger partial charge in [-0.15, -0.1) is 0 Å². The molecule has 0 atom stereocenters. The van der Waals surface area contributed by atoms with Crippen molar-refractivity contribution in [2.24, 2.45) is 0 Å². The molecule has 16 heteroatoms. The molecule has 12 nitrogen and oxygen atoms in total. The Balaban J connectivity index is 1.13. The number of amides is 4. The quantitative estimate of drug-likeness (QED) is 0.158. The lowest BCUT2D eigenvalue weighted by atomic mass is 10.2. The summed E-state index contributed by atoms with van der Waals surface area (Å²) in [5.41, 5.74) is 5.95. The zero-order valence-corrected chi connectivity index (χ0v) is 28.9. The van der Waals surface area contributed by atoms with E-state index in [-0.39, 0.29) is 23.6 Å². The third-order valence-corrected chi connectivity index (χ3v) is 11.1. The van der Waals surface area contributed by atoms with E-state index < -0.39 is 0 Å². The highest BCUT2D eigenvalue weighted by molar-refractivity contribution is 8.29. The van der Waals surface area contributed by atoms with Crippen LogP contribution in [-0.2, 0) is 19.2 Å². The number of hydrogen-bond acceptors (Lipinski definition) is 12. The molecule has 4 heterocycles. The number of hydrogen-bond donors (Lipinski definition) is 2. The molecule has 0 unspecified atom stereocenters. The Bertz CT molecular complexity index is 1050. The van der Waals surface area contributed by atoms with Crippen molar-refractivity contribution in [1.29, 1.82) is 0 Å². The van der Waals surface area contributed by atoms with Crippen molar-refractivity contribution < 1.29 is 19.2 Å². The number of thiocarbonyl (C=S) groups is 2. The summed E-state index contributed by atoms with van der Waals surface area (Å²) in [5, 5.41) is 3.95. The van der Waals surface area contributed by atoms with Gasteiger partial charge >= 0.3 is 0 Å². The van der Waals surface area contributed by atoms with Crippen molar-refractivity contribution >= 4 is 80.2 Å². The number of thioether (sulfide) groups is 2. The molecule has 0 radical (unpaired) electrons. The van der Waals surface area contributed by atoms with Gasteiger partial charge in [-0.05, 0) is 39.8 Å². The Morgan fingerprint density at radius 3 is 1.34 bits per heavy atom. The van der Waals surface area contributed by atoms with Crippen LogP contribution in [0, 0.1) is 0 Å². The van der Waals surface area contributed by atoms with Crippen LogP contribution in [0.1, 0.15) is 51.4 Å².